The Morgan fingerprint density at radius 3 is 2.64 bits per heavy atom. The first kappa shape index (κ1) is 23.0. The summed E-state index contributed by atoms with van der Waals surface area (Å²) >= 11 is 0. The van der Waals surface area contributed by atoms with Gasteiger partial charge in [0.15, 0.2) is 0 Å². The van der Waals surface area contributed by atoms with E-state index in [9.17, 15) is 18.0 Å². The highest BCUT2D eigenvalue weighted by atomic mass is 19.3. The Labute approximate surface area is 189 Å². The largest absolute Gasteiger partial charge is 0.363 e. The summed E-state index contributed by atoms with van der Waals surface area (Å²) in [5.74, 6) is -0.537. The molecule has 9 heteroatoms. The van der Waals surface area contributed by atoms with Crippen LogP contribution in [0.3, 0.4) is 0 Å². The van der Waals surface area contributed by atoms with Gasteiger partial charge in [-0.05, 0) is 31.5 Å². The summed E-state index contributed by atoms with van der Waals surface area (Å²) in [6.07, 6.45) is 1.25. The molecule has 0 bridgehead atoms. The lowest BCUT2D eigenvalue weighted by molar-refractivity contribution is 0.146. The van der Waals surface area contributed by atoms with Gasteiger partial charge in [-0.2, -0.15) is 0 Å². The number of aromatic nitrogens is 3. The number of halogens is 3. The maximum Gasteiger partial charge on any atom is 0.266 e. The number of alkyl halides is 2. The van der Waals surface area contributed by atoms with Crippen LogP contribution < -0.4 is 10.9 Å². The van der Waals surface area contributed by atoms with Gasteiger partial charge in [-0.25, -0.2) is 23.1 Å². The number of pyridine rings is 1. The Morgan fingerprint density at radius 1 is 1.21 bits per heavy atom. The van der Waals surface area contributed by atoms with Gasteiger partial charge in [0.05, 0.1) is 17.0 Å². The fourth-order valence-corrected chi connectivity index (χ4v) is 4.21. The number of aryl methyl sites for hydroxylation is 1. The molecule has 1 aliphatic rings. The van der Waals surface area contributed by atoms with E-state index in [0.29, 0.717) is 22.4 Å². The van der Waals surface area contributed by atoms with E-state index in [2.05, 4.69) is 33.2 Å². The molecule has 0 saturated carbocycles. The molecule has 4 rings (SSSR count). The summed E-state index contributed by atoms with van der Waals surface area (Å²) in [4.78, 5) is 23.9. The van der Waals surface area contributed by atoms with Crippen molar-refractivity contribution >= 4 is 22.4 Å². The summed E-state index contributed by atoms with van der Waals surface area (Å²) in [5.41, 5.74) is 1.31. The molecule has 0 unspecified atom stereocenters. The average Bonchev–Trinajstić information content (AvgIpc) is 2.81. The molecule has 0 saturated heterocycles. The van der Waals surface area contributed by atoms with Gasteiger partial charge in [-0.15, -0.1) is 0 Å². The van der Waals surface area contributed by atoms with Crippen molar-refractivity contribution in [3.05, 3.63) is 69.5 Å². The maximum atomic E-state index is 14.7. The highest BCUT2D eigenvalue weighted by molar-refractivity contribution is 5.89. The second kappa shape index (κ2) is 9.35. The quantitative estimate of drug-likeness (QED) is 0.582. The molecule has 0 amide bonds. The number of nitrogens with zero attached hydrogens (tertiary/aromatic N) is 4. The first-order valence-electron chi connectivity index (χ1n) is 10.9. The average molecular weight is 458 g/mol. The van der Waals surface area contributed by atoms with Gasteiger partial charge < -0.3 is 5.32 Å². The Bertz CT molecular complexity index is 1270. The van der Waals surface area contributed by atoms with E-state index in [-0.39, 0.29) is 11.1 Å². The summed E-state index contributed by atoms with van der Waals surface area (Å²) in [6.45, 7) is 6.37. The van der Waals surface area contributed by atoms with E-state index in [1.807, 2.05) is 0 Å². The molecule has 1 aliphatic heterocycles. The topological polar surface area (TPSA) is 63.0 Å². The maximum absolute atomic E-state index is 14.7. The smallest absolute Gasteiger partial charge is 0.266 e. The number of fused-ring (bicyclic) bond motifs is 1. The van der Waals surface area contributed by atoms with Crippen LogP contribution in [-0.2, 0) is 7.05 Å². The zero-order chi connectivity index (χ0) is 23.7. The molecule has 3 aromatic rings. The third kappa shape index (κ3) is 4.37. The molecule has 1 N–H and O–H groups in total. The van der Waals surface area contributed by atoms with Gasteiger partial charge >= 0.3 is 0 Å². The molecule has 1 atom stereocenters. The minimum Gasteiger partial charge on any atom is -0.363 e. The molecular formula is C24H26F3N5O. The van der Waals surface area contributed by atoms with Crippen LogP contribution in [0.5, 0.6) is 0 Å². The zero-order valence-corrected chi connectivity index (χ0v) is 18.8. The van der Waals surface area contributed by atoms with Crippen molar-refractivity contribution in [1.82, 2.24) is 19.4 Å². The van der Waals surface area contributed by atoms with Gasteiger partial charge in [0.2, 0.25) is 0 Å². The van der Waals surface area contributed by atoms with Crippen molar-refractivity contribution in [2.24, 2.45) is 7.05 Å². The second-order valence-corrected chi connectivity index (χ2v) is 8.17. The SMILES string of the molecule is CCN1CC=C(c2cc3c(N[C@H](C)c4cccc(C(F)F)c4F)ncnc3n(C)c2=O)CC1. The van der Waals surface area contributed by atoms with Crippen molar-refractivity contribution in [2.45, 2.75) is 32.7 Å². The summed E-state index contributed by atoms with van der Waals surface area (Å²) in [5, 5.41) is 3.72. The highest BCUT2D eigenvalue weighted by Gasteiger charge is 2.22. The number of nitrogens with one attached hydrogen (secondary N) is 1. The van der Waals surface area contributed by atoms with Crippen LogP contribution in [0.2, 0.25) is 0 Å². The van der Waals surface area contributed by atoms with Gasteiger partial charge in [-0.1, -0.05) is 31.2 Å². The molecule has 1 aromatic carbocycles. The van der Waals surface area contributed by atoms with Crippen LogP contribution in [0.1, 0.15) is 49.4 Å². The zero-order valence-electron chi connectivity index (χ0n) is 18.8. The van der Waals surface area contributed by atoms with Crippen molar-refractivity contribution in [3.8, 4) is 0 Å². The minimum atomic E-state index is -2.90. The molecule has 0 radical (unpaired) electrons. The van der Waals surface area contributed by atoms with E-state index in [1.54, 1.807) is 20.0 Å². The van der Waals surface area contributed by atoms with Gasteiger partial charge in [0.25, 0.3) is 12.0 Å². The van der Waals surface area contributed by atoms with Gasteiger partial charge in [-0.3, -0.25) is 14.3 Å². The van der Waals surface area contributed by atoms with Gasteiger partial charge in [0.1, 0.15) is 23.6 Å². The Hall–Kier alpha value is -3.20. The van der Waals surface area contributed by atoms with Crippen LogP contribution >= 0.6 is 0 Å². The van der Waals surface area contributed by atoms with E-state index < -0.39 is 23.8 Å². The molecule has 174 valence electrons. The number of hydrogen-bond acceptors (Lipinski definition) is 5. The predicted molar refractivity (Wildman–Crippen MR) is 123 cm³/mol. The molecule has 0 spiro atoms. The number of likely N-dealkylation sites (N-methyl/N-ethyl adjacent to an activating group) is 1. The van der Waals surface area contributed by atoms with E-state index in [1.165, 1.54) is 23.0 Å². The van der Waals surface area contributed by atoms with Crippen LogP contribution in [0.4, 0.5) is 19.0 Å². The van der Waals surface area contributed by atoms with Crippen molar-refractivity contribution in [1.29, 1.82) is 0 Å². The predicted octanol–water partition coefficient (Wildman–Crippen LogP) is 4.69. The summed E-state index contributed by atoms with van der Waals surface area (Å²) in [7, 11) is 1.65. The molecular weight excluding hydrogens is 431 g/mol. The Morgan fingerprint density at radius 2 is 1.97 bits per heavy atom. The number of hydrogen-bond donors (Lipinski definition) is 1. The lowest BCUT2D eigenvalue weighted by Gasteiger charge is -2.25. The summed E-state index contributed by atoms with van der Waals surface area (Å²) < 4.78 is 42.4. The molecule has 33 heavy (non-hydrogen) atoms. The van der Waals surface area contributed by atoms with Crippen molar-refractivity contribution < 1.29 is 13.2 Å². The third-order valence-corrected chi connectivity index (χ3v) is 6.20. The Kier molecular flexibility index (Phi) is 6.51. The lowest BCUT2D eigenvalue weighted by Crippen LogP contribution is -2.30. The number of rotatable bonds is 6. The molecule has 3 heterocycles. The molecule has 2 aromatic heterocycles. The minimum absolute atomic E-state index is 0.110. The fourth-order valence-electron chi connectivity index (χ4n) is 4.21. The lowest BCUT2D eigenvalue weighted by atomic mass is 9.99. The molecule has 6 nitrogen and oxygen atoms in total. The van der Waals surface area contributed by atoms with Gasteiger partial charge in [0, 0.05) is 31.3 Å². The van der Waals surface area contributed by atoms with Crippen LogP contribution in [0, 0.1) is 5.82 Å². The monoisotopic (exact) mass is 457 g/mol. The van der Waals surface area contributed by atoms with Crippen LogP contribution in [0.15, 0.2) is 41.5 Å². The molecule has 0 fully saturated rings. The Balaban J connectivity index is 1.75. The second-order valence-electron chi connectivity index (χ2n) is 8.17. The van der Waals surface area contributed by atoms with E-state index >= 15 is 0 Å². The highest BCUT2D eigenvalue weighted by Crippen LogP contribution is 2.31. The fraction of sp³-hybridized carbons (Fsp3) is 0.375. The van der Waals surface area contributed by atoms with Crippen LogP contribution in [-0.4, -0.2) is 39.1 Å². The van der Waals surface area contributed by atoms with Crippen molar-refractivity contribution in [2.75, 3.05) is 25.0 Å². The van der Waals surface area contributed by atoms with E-state index in [4.69, 9.17) is 0 Å². The number of benzene rings is 1. The normalized spacial score (nSPS) is 15.7. The first-order chi connectivity index (χ1) is 15.8. The van der Waals surface area contributed by atoms with Crippen LogP contribution in [0.25, 0.3) is 16.6 Å². The third-order valence-electron chi connectivity index (χ3n) is 6.20. The number of anilines is 1. The van der Waals surface area contributed by atoms with Crippen molar-refractivity contribution in [3.63, 3.8) is 0 Å². The standard InChI is InChI=1S/C24H26F3N5O/c1-4-32-10-8-15(9-11-32)18-12-19-22(28-13-29-23(19)31(3)24(18)33)30-14(2)16-6-5-7-17(20(16)25)21(26)27/h5-8,12-14,21H,4,9-11H2,1-3H3,(H,28,29,30)/t14-/m1/s1. The summed E-state index contributed by atoms with van der Waals surface area (Å²) in [6, 6.07) is 5.08. The molecule has 0 aliphatic carbocycles. The van der Waals surface area contributed by atoms with E-state index in [0.717, 1.165) is 37.7 Å². The first-order valence-corrected chi connectivity index (χ1v) is 10.9.